The van der Waals surface area contributed by atoms with E-state index in [9.17, 15) is 22.8 Å². The number of benzene rings is 2. The van der Waals surface area contributed by atoms with Gasteiger partial charge in [0.2, 0.25) is 0 Å². The molecule has 2 aromatic carbocycles. The highest BCUT2D eigenvalue weighted by atomic mass is 19.4. The van der Waals surface area contributed by atoms with Crippen molar-refractivity contribution in [3.8, 4) is 0 Å². The maximum Gasteiger partial charge on any atom is 0.416 e. The molecule has 4 rings (SSSR count). The fraction of sp³-hybridized carbons (Fsp3) is 0.417. The summed E-state index contributed by atoms with van der Waals surface area (Å²) in [7, 11) is 0. The first-order chi connectivity index (χ1) is 15.6. The lowest BCUT2D eigenvalue weighted by atomic mass is 9.73. The van der Waals surface area contributed by atoms with Gasteiger partial charge in [-0.15, -0.1) is 0 Å². The largest absolute Gasteiger partial charge is 0.464 e. The van der Waals surface area contributed by atoms with Gasteiger partial charge in [-0.2, -0.15) is 13.2 Å². The number of carbonyl (C=O) groups is 2. The van der Waals surface area contributed by atoms with E-state index in [0.29, 0.717) is 17.7 Å². The van der Waals surface area contributed by atoms with E-state index in [1.807, 2.05) is 30.3 Å². The van der Waals surface area contributed by atoms with Crippen LogP contribution in [-0.4, -0.2) is 30.7 Å². The molecule has 0 radical (unpaired) electrons. The summed E-state index contributed by atoms with van der Waals surface area (Å²) in [6.07, 6.45) is -4.71. The van der Waals surface area contributed by atoms with Crippen molar-refractivity contribution in [1.29, 1.82) is 0 Å². The van der Waals surface area contributed by atoms with Crippen LogP contribution in [0.4, 0.5) is 18.9 Å². The van der Waals surface area contributed by atoms with Crippen molar-refractivity contribution in [2.75, 3.05) is 11.9 Å². The van der Waals surface area contributed by atoms with Crippen LogP contribution in [0, 0.1) is 5.92 Å². The number of nitrogens with one attached hydrogen (secondary N) is 2. The molecule has 176 valence electrons. The predicted octanol–water partition coefficient (Wildman–Crippen LogP) is 4.39. The number of piperidine rings is 1. The third-order valence-electron chi connectivity index (χ3n) is 6.17. The van der Waals surface area contributed by atoms with Crippen LogP contribution in [0.5, 0.6) is 0 Å². The van der Waals surface area contributed by atoms with Gasteiger partial charge in [-0.25, -0.2) is 0 Å². The molecule has 0 amide bonds. The second-order valence-electron chi connectivity index (χ2n) is 8.43. The average Bonchev–Trinajstić information content (AvgIpc) is 2.76. The molecule has 0 saturated carbocycles. The van der Waals surface area contributed by atoms with Gasteiger partial charge in [0.25, 0.3) is 0 Å². The van der Waals surface area contributed by atoms with Gasteiger partial charge in [-0.05, 0) is 35.7 Å². The fourth-order valence-electron chi connectivity index (χ4n) is 4.78. The molecule has 3 unspecified atom stereocenters. The van der Waals surface area contributed by atoms with Crippen molar-refractivity contribution in [3.05, 3.63) is 65.2 Å². The van der Waals surface area contributed by atoms with Gasteiger partial charge >= 0.3 is 18.1 Å². The van der Waals surface area contributed by atoms with Gasteiger partial charge < -0.3 is 20.1 Å². The molecule has 0 bridgehead atoms. The Hall–Kier alpha value is -3.07. The lowest BCUT2D eigenvalue weighted by Crippen LogP contribution is -2.56. The van der Waals surface area contributed by atoms with Crippen LogP contribution in [-0.2, 0) is 25.2 Å². The van der Waals surface area contributed by atoms with E-state index in [-0.39, 0.29) is 18.6 Å². The van der Waals surface area contributed by atoms with Crippen molar-refractivity contribution in [2.45, 2.75) is 50.7 Å². The molecule has 0 aromatic heterocycles. The van der Waals surface area contributed by atoms with Gasteiger partial charge in [0, 0.05) is 31.5 Å². The van der Waals surface area contributed by atoms with E-state index in [1.54, 1.807) is 0 Å². The number of ether oxygens (including phenoxy) is 2. The van der Waals surface area contributed by atoms with Crippen LogP contribution in [0.2, 0.25) is 0 Å². The summed E-state index contributed by atoms with van der Waals surface area (Å²) >= 11 is 0. The molecule has 0 aliphatic carbocycles. The number of esters is 2. The zero-order chi connectivity index (χ0) is 23.8. The summed E-state index contributed by atoms with van der Waals surface area (Å²) < 4.78 is 51.1. The van der Waals surface area contributed by atoms with Gasteiger partial charge in [0.1, 0.15) is 12.7 Å². The maximum atomic E-state index is 13.5. The smallest absolute Gasteiger partial charge is 0.416 e. The molecule has 2 heterocycles. The molecule has 1 fully saturated rings. The SMILES string of the molecule is CC(=O)OC[C@H]1NC2c3cc(C(F)(F)F)ccc3NC(c3ccccc3)C2C[C@@H]1OC(C)=O. The van der Waals surface area contributed by atoms with Gasteiger partial charge in [-0.1, -0.05) is 30.3 Å². The number of alkyl halides is 3. The zero-order valence-corrected chi connectivity index (χ0v) is 18.2. The summed E-state index contributed by atoms with van der Waals surface area (Å²) in [4.78, 5) is 23.2. The highest BCUT2D eigenvalue weighted by Crippen LogP contribution is 2.49. The van der Waals surface area contributed by atoms with E-state index in [2.05, 4.69) is 10.6 Å². The Morgan fingerprint density at radius 2 is 1.76 bits per heavy atom. The lowest BCUT2D eigenvalue weighted by molar-refractivity contribution is -0.154. The molecular weight excluding hydrogens is 437 g/mol. The van der Waals surface area contributed by atoms with Crippen LogP contribution in [0.15, 0.2) is 48.5 Å². The number of carbonyl (C=O) groups excluding carboxylic acids is 2. The van der Waals surface area contributed by atoms with E-state index < -0.39 is 41.9 Å². The van der Waals surface area contributed by atoms with Crippen LogP contribution < -0.4 is 10.6 Å². The maximum absolute atomic E-state index is 13.5. The molecule has 33 heavy (non-hydrogen) atoms. The fourth-order valence-corrected chi connectivity index (χ4v) is 4.78. The minimum Gasteiger partial charge on any atom is -0.464 e. The summed E-state index contributed by atoms with van der Waals surface area (Å²) in [5.74, 6) is -1.19. The number of fused-ring (bicyclic) bond motifs is 3. The monoisotopic (exact) mass is 462 g/mol. The summed E-state index contributed by atoms with van der Waals surface area (Å²) in [5, 5.41) is 6.74. The van der Waals surface area contributed by atoms with E-state index in [1.165, 1.54) is 19.9 Å². The number of anilines is 1. The number of halogens is 3. The Morgan fingerprint density at radius 3 is 2.39 bits per heavy atom. The molecule has 0 spiro atoms. The third kappa shape index (κ3) is 4.98. The summed E-state index contributed by atoms with van der Waals surface area (Å²) in [6.45, 7) is 2.51. The van der Waals surface area contributed by atoms with Crippen molar-refractivity contribution < 1.29 is 32.2 Å². The predicted molar refractivity (Wildman–Crippen MR) is 114 cm³/mol. The van der Waals surface area contributed by atoms with Gasteiger partial charge in [0.15, 0.2) is 0 Å². The molecule has 2 N–H and O–H groups in total. The number of rotatable bonds is 4. The van der Waals surface area contributed by atoms with Crippen molar-refractivity contribution in [2.24, 2.45) is 5.92 Å². The van der Waals surface area contributed by atoms with Crippen LogP contribution in [0.3, 0.4) is 0 Å². The molecule has 5 atom stereocenters. The third-order valence-corrected chi connectivity index (χ3v) is 6.17. The molecule has 2 aromatic rings. The molecule has 9 heteroatoms. The highest BCUT2D eigenvalue weighted by Gasteiger charge is 2.47. The molecule has 2 aliphatic heterocycles. The second kappa shape index (κ2) is 9.05. The number of hydrogen-bond donors (Lipinski definition) is 2. The Kier molecular flexibility index (Phi) is 6.34. The van der Waals surface area contributed by atoms with E-state index in [4.69, 9.17) is 9.47 Å². The zero-order valence-electron chi connectivity index (χ0n) is 18.2. The second-order valence-corrected chi connectivity index (χ2v) is 8.43. The lowest BCUT2D eigenvalue weighted by Gasteiger charge is -2.48. The Bertz CT molecular complexity index is 1030. The summed E-state index contributed by atoms with van der Waals surface area (Å²) in [6, 6.07) is 12.0. The topological polar surface area (TPSA) is 76.7 Å². The Balaban J connectivity index is 1.76. The van der Waals surface area contributed by atoms with E-state index in [0.717, 1.165) is 17.7 Å². The van der Waals surface area contributed by atoms with Crippen molar-refractivity contribution >= 4 is 17.6 Å². The minimum absolute atomic E-state index is 0.0613. The average molecular weight is 462 g/mol. The van der Waals surface area contributed by atoms with Crippen LogP contribution in [0.1, 0.15) is 49.0 Å². The van der Waals surface area contributed by atoms with Crippen molar-refractivity contribution in [1.82, 2.24) is 5.32 Å². The van der Waals surface area contributed by atoms with Crippen molar-refractivity contribution in [3.63, 3.8) is 0 Å². The van der Waals surface area contributed by atoms with Gasteiger partial charge in [0.05, 0.1) is 17.6 Å². The first-order valence-corrected chi connectivity index (χ1v) is 10.7. The van der Waals surface area contributed by atoms with Crippen LogP contribution >= 0.6 is 0 Å². The normalized spacial score (nSPS) is 26.4. The minimum atomic E-state index is -4.48. The quantitative estimate of drug-likeness (QED) is 0.657. The van der Waals surface area contributed by atoms with Crippen LogP contribution in [0.25, 0.3) is 0 Å². The van der Waals surface area contributed by atoms with E-state index >= 15 is 0 Å². The molecule has 6 nitrogen and oxygen atoms in total. The first kappa shape index (κ1) is 23.1. The Labute approximate surface area is 189 Å². The molecule has 2 aliphatic rings. The molecule has 1 saturated heterocycles. The molecular formula is C24H25F3N2O4. The summed E-state index contributed by atoms with van der Waals surface area (Å²) in [5.41, 5.74) is 1.32. The number of hydrogen-bond acceptors (Lipinski definition) is 6. The Morgan fingerprint density at radius 1 is 1.03 bits per heavy atom. The first-order valence-electron chi connectivity index (χ1n) is 10.7. The van der Waals surface area contributed by atoms with Gasteiger partial charge in [-0.3, -0.25) is 9.59 Å². The highest BCUT2D eigenvalue weighted by molar-refractivity contribution is 5.67. The standard InChI is InChI=1S/C24H25F3N2O4/c1-13(30)32-12-20-21(33-14(2)31)11-18-22(15-6-4-3-5-7-15)28-19-9-8-16(24(25,26)27)10-17(19)23(18)29-20/h3-10,18,20-23,28-29H,11-12H2,1-2H3/t18?,20-,21+,22?,23?/m1/s1.